The van der Waals surface area contributed by atoms with Crippen LogP contribution in [0.5, 0.6) is 0 Å². The van der Waals surface area contributed by atoms with Crippen LogP contribution in [0.2, 0.25) is 0 Å². The lowest BCUT2D eigenvalue weighted by Crippen LogP contribution is -2.46. The van der Waals surface area contributed by atoms with Crippen LogP contribution in [0.3, 0.4) is 0 Å². The molecule has 2 aromatic carbocycles. The van der Waals surface area contributed by atoms with Gasteiger partial charge in [-0.3, -0.25) is 8.98 Å². The number of amides is 1. The summed E-state index contributed by atoms with van der Waals surface area (Å²) in [5.74, 6) is -0.427. The molecule has 6 rings (SSSR count). The number of benzene rings is 2. The lowest BCUT2D eigenvalue weighted by atomic mass is 9.84. The van der Waals surface area contributed by atoms with Gasteiger partial charge in [0.05, 0.1) is 42.5 Å². The molecule has 3 heterocycles. The quantitative estimate of drug-likeness (QED) is 0.422. The van der Waals surface area contributed by atoms with Gasteiger partial charge in [-0.15, -0.1) is 0 Å². The molecule has 0 bridgehead atoms. The number of amidine groups is 1. The molecule has 1 amide bonds. The van der Waals surface area contributed by atoms with Crippen molar-refractivity contribution in [1.29, 1.82) is 0 Å². The van der Waals surface area contributed by atoms with Crippen LogP contribution in [0.15, 0.2) is 58.4 Å². The first-order chi connectivity index (χ1) is 18.7. The van der Waals surface area contributed by atoms with Crippen LogP contribution in [-0.4, -0.2) is 74.5 Å². The van der Waals surface area contributed by atoms with Gasteiger partial charge in [0.2, 0.25) is 0 Å². The first-order valence-electron chi connectivity index (χ1n) is 13.3. The zero-order valence-electron chi connectivity index (χ0n) is 21.7. The SMILES string of the molecule is Cc1ccc(S(=O)(=O)OCCOC2CC3(CC2O)OC(N2CCC4(CC2)OCc2ccccc24)=NC3=O)cc1. The Kier molecular flexibility index (Phi) is 6.75. The Hall–Kier alpha value is -2.83. The van der Waals surface area contributed by atoms with Crippen molar-refractivity contribution in [1.82, 2.24) is 4.90 Å². The van der Waals surface area contributed by atoms with E-state index < -0.39 is 33.8 Å². The van der Waals surface area contributed by atoms with E-state index >= 15 is 0 Å². The first kappa shape index (κ1) is 26.4. The second-order valence-electron chi connectivity index (χ2n) is 10.7. The second-order valence-corrected chi connectivity index (χ2v) is 12.3. The van der Waals surface area contributed by atoms with Crippen molar-refractivity contribution in [3.63, 3.8) is 0 Å². The van der Waals surface area contributed by atoms with Gasteiger partial charge in [0.15, 0.2) is 5.60 Å². The maximum atomic E-state index is 13.0. The van der Waals surface area contributed by atoms with Gasteiger partial charge >= 0.3 is 0 Å². The highest BCUT2D eigenvalue weighted by molar-refractivity contribution is 7.86. The van der Waals surface area contributed by atoms with Crippen molar-refractivity contribution in [3.05, 3.63) is 65.2 Å². The van der Waals surface area contributed by atoms with E-state index in [2.05, 4.69) is 17.1 Å². The molecule has 1 N–H and O–H groups in total. The van der Waals surface area contributed by atoms with Crippen LogP contribution in [0.1, 0.15) is 42.4 Å². The van der Waals surface area contributed by atoms with Gasteiger partial charge in [-0.2, -0.15) is 13.4 Å². The summed E-state index contributed by atoms with van der Waals surface area (Å²) in [6.45, 7) is 3.45. The summed E-state index contributed by atoms with van der Waals surface area (Å²) in [7, 11) is -3.92. The van der Waals surface area contributed by atoms with Crippen LogP contribution in [-0.2, 0) is 45.5 Å². The molecule has 2 fully saturated rings. The highest BCUT2D eigenvalue weighted by Gasteiger charge is 2.57. The summed E-state index contributed by atoms with van der Waals surface area (Å²) in [6, 6.07) is 14.9. The number of nitrogens with zero attached hydrogens (tertiary/aromatic N) is 2. The van der Waals surface area contributed by atoms with E-state index in [-0.39, 0.29) is 42.6 Å². The van der Waals surface area contributed by atoms with Crippen LogP contribution in [0, 0.1) is 6.92 Å². The third kappa shape index (κ3) is 4.87. The summed E-state index contributed by atoms with van der Waals surface area (Å²) in [5, 5.41) is 10.6. The van der Waals surface area contributed by atoms with E-state index in [9.17, 15) is 18.3 Å². The third-order valence-corrected chi connectivity index (χ3v) is 9.52. The number of aliphatic hydroxyl groups is 1. The summed E-state index contributed by atoms with van der Waals surface area (Å²) < 4.78 is 47.9. The number of carbonyl (C=O) groups is 1. The maximum Gasteiger partial charge on any atom is 0.297 e. The number of aliphatic hydroxyl groups excluding tert-OH is 1. The summed E-state index contributed by atoms with van der Waals surface area (Å²) in [5.41, 5.74) is 1.81. The number of hydrogen-bond acceptors (Lipinski definition) is 9. The number of carbonyl (C=O) groups excluding carboxylic acids is 1. The summed E-state index contributed by atoms with van der Waals surface area (Å²) >= 11 is 0. The molecule has 1 saturated carbocycles. The average Bonchev–Trinajstić information content (AvgIpc) is 3.56. The number of piperidine rings is 1. The van der Waals surface area contributed by atoms with Crippen molar-refractivity contribution in [2.75, 3.05) is 26.3 Å². The van der Waals surface area contributed by atoms with Crippen LogP contribution < -0.4 is 0 Å². The number of ether oxygens (including phenoxy) is 3. The molecule has 0 radical (unpaired) electrons. The number of aliphatic imine (C=N–C) groups is 1. The molecule has 2 aromatic rings. The molecular weight excluding hydrogens is 524 g/mol. The molecule has 11 heteroatoms. The normalized spacial score (nSPS) is 27.7. The molecule has 3 aliphatic heterocycles. The zero-order valence-corrected chi connectivity index (χ0v) is 22.6. The summed E-state index contributed by atoms with van der Waals surface area (Å²) in [4.78, 5) is 19.2. The van der Waals surface area contributed by atoms with Gasteiger partial charge in [-0.25, -0.2) is 0 Å². The van der Waals surface area contributed by atoms with Crippen LogP contribution in [0.4, 0.5) is 0 Å². The lowest BCUT2D eigenvalue weighted by Gasteiger charge is -2.39. The van der Waals surface area contributed by atoms with Gasteiger partial charge in [0.1, 0.15) is 0 Å². The summed E-state index contributed by atoms with van der Waals surface area (Å²) in [6.07, 6.45) is 0.0348. The van der Waals surface area contributed by atoms with Gasteiger partial charge in [0.25, 0.3) is 22.0 Å². The van der Waals surface area contributed by atoms with Crippen molar-refractivity contribution in [2.45, 2.75) is 67.5 Å². The van der Waals surface area contributed by atoms with Gasteiger partial charge in [-0.1, -0.05) is 42.0 Å². The molecular formula is C28H32N2O8S. The molecule has 10 nitrogen and oxygen atoms in total. The Morgan fingerprint density at radius 3 is 2.56 bits per heavy atom. The minimum absolute atomic E-state index is 0.0558. The Labute approximate surface area is 227 Å². The van der Waals surface area contributed by atoms with E-state index in [1.807, 2.05) is 24.0 Å². The number of hydrogen-bond donors (Lipinski definition) is 1. The van der Waals surface area contributed by atoms with Gasteiger partial charge < -0.3 is 24.2 Å². The molecule has 2 spiro atoms. The highest BCUT2D eigenvalue weighted by atomic mass is 32.2. The minimum atomic E-state index is -3.92. The predicted octanol–water partition coefficient (Wildman–Crippen LogP) is 2.41. The standard InChI is InChI=1S/C28H32N2O8S/c1-19-6-8-21(9-7-19)39(33,34)37-15-14-35-24-17-28(16-23(24)31)25(32)29-26(38-28)30-12-10-27(11-13-30)22-5-3-2-4-20(22)18-36-27/h2-9,23-24,31H,10-18H2,1H3. The van der Waals surface area contributed by atoms with E-state index in [0.717, 1.165) is 18.4 Å². The third-order valence-electron chi connectivity index (χ3n) is 8.19. The number of fused-ring (bicyclic) bond motifs is 2. The monoisotopic (exact) mass is 556 g/mol. The Morgan fingerprint density at radius 2 is 1.79 bits per heavy atom. The Bertz CT molecular complexity index is 1380. The smallest absolute Gasteiger partial charge is 0.297 e. The number of aryl methyl sites for hydroxylation is 1. The van der Waals surface area contributed by atoms with E-state index in [1.54, 1.807) is 12.1 Å². The van der Waals surface area contributed by atoms with Crippen molar-refractivity contribution < 1.29 is 36.7 Å². The van der Waals surface area contributed by atoms with E-state index in [4.69, 9.17) is 18.4 Å². The van der Waals surface area contributed by atoms with Crippen molar-refractivity contribution in [2.24, 2.45) is 4.99 Å². The molecule has 0 aromatic heterocycles. The van der Waals surface area contributed by atoms with Gasteiger partial charge in [-0.05, 0) is 43.0 Å². The highest BCUT2D eigenvalue weighted by Crippen LogP contribution is 2.45. The van der Waals surface area contributed by atoms with Gasteiger partial charge in [0, 0.05) is 25.9 Å². The molecule has 39 heavy (non-hydrogen) atoms. The molecule has 1 aliphatic carbocycles. The Morgan fingerprint density at radius 1 is 1.05 bits per heavy atom. The van der Waals surface area contributed by atoms with E-state index in [0.29, 0.717) is 19.7 Å². The first-order valence-corrected chi connectivity index (χ1v) is 14.7. The maximum absolute atomic E-state index is 13.0. The van der Waals surface area contributed by atoms with E-state index in [1.165, 1.54) is 23.3 Å². The fraction of sp³-hybridized carbons (Fsp3) is 0.500. The van der Waals surface area contributed by atoms with Crippen LogP contribution >= 0.6 is 0 Å². The molecule has 3 unspecified atom stereocenters. The number of rotatable bonds is 6. The zero-order chi connectivity index (χ0) is 27.3. The largest absolute Gasteiger partial charge is 0.448 e. The minimum Gasteiger partial charge on any atom is -0.448 e. The van der Waals surface area contributed by atoms with Crippen molar-refractivity contribution in [3.8, 4) is 0 Å². The average molecular weight is 557 g/mol. The molecule has 3 atom stereocenters. The van der Waals surface area contributed by atoms with Crippen LogP contribution in [0.25, 0.3) is 0 Å². The number of likely N-dealkylation sites (tertiary alicyclic amines) is 1. The molecule has 4 aliphatic rings. The fourth-order valence-corrected chi connectivity index (χ4v) is 6.87. The predicted molar refractivity (Wildman–Crippen MR) is 139 cm³/mol. The molecule has 1 saturated heterocycles. The van der Waals surface area contributed by atoms with Crippen molar-refractivity contribution >= 4 is 22.0 Å². The lowest BCUT2D eigenvalue weighted by molar-refractivity contribution is -0.131. The fourth-order valence-electron chi connectivity index (χ4n) is 5.98. The topological polar surface area (TPSA) is 124 Å². The Balaban J connectivity index is 1.01. The molecule has 208 valence electrons. The second kappa shape index (κ2) is 9.97.